The lowest BCUT2D eigenvalue weighted by atomic mass is 9.86. The summed E-state index contributed by atoms with van der Waals surface area (Å²) in [5.74, 6) is 0.366. The van der Waals surface area contributed by atoms with Gasteiger partial charge < -0.3 is 9.47 Å². The quantitative estimate of drug-likeness (QED) is 0.791. The Bertz CT molecular complexity index is 545. The lowest BCUT2D eigenvalue weighted by molar-refractivity contribution is -0.151. The number of ether oxygens (including phenoxy) is 2. The second-order valence-corrected chi connectivity index (χ2v) is 6.32. The molecule has 1 saturated heterocycles. The van der Waals surface area contributed by atoms with E-state index in [4.69, 9.17) is 9.47 Å². The summed E-state index contributed by atoms with van der Waals surface area (Å²) < 4.78 is 12.8. The van der Waals surface area contributed by atoms with E-state index in [9.17, 15) is 0 Å². The first-order chi connectivity index (χ1) is 9.69. The van der Waals surface area contributed by atoms with Crippen molar-refractivity contribution in [1.29, 1.82) is 0 Å². The molecule has 1 aromatic carbocycles. The Morgan fingerprint density at radius 1 is 1.20 bits per heavy atom. The minimum absolute atomic E-state index is 0.00311. The Kier molecular flexibility index (Phi) is 4.11. The van der Waals surface area contributed by atoms with Crippen LogP contribution in [0.4, 0.5) is 0 Å². The zero-order chi connectivity index (χ0) is 14.1. The number of fused-ring (bicyclic) bond motifs is 1. The first kappa shape index (κ1) is 14.1. The highest BCUT2D eigenvalue weighted by molar-refractivity contribution is 9.11. The zero-order valence-corrected chi connectivity index (χ0v) is 13.4. The maximum Gasteiger partial charge on any atom is 0.148 e. The van der Waals surface area contributed by atoms with E-state index in [2.05, 4.69) is 66.2 Å². The summed E-state index contributed by atoms with van der Waals surface area (Å²) in [7, 11) is 0. The molecule has 3 unspecified atom stereocenters. The molecule has 3 heteroatoms. The average molecular weight is 335 g/mol. The Morgan fingerprint density at radius 2 is 1.95 bits per heavy atom. The van der Waals surface area contributed by atoms with Gasteiger partial charge in [0.2, 0.25) is 0 Å². The highest BCUT2D eigenvalue weighted by atomic mass is 79.9. The molecule has 2 nitrogen and oxygen atoms in total. The maximum absolute atomic E-state index is 5.87. The number of benzene rings is 1. The number of rotatable bonds is 2. The Hall–Kier alpha value is -0.900. The predicted octanol–water partition coefficient (Wildman–Crippen LogP) is 4.52. The maximum atomic E-state index is 5.87. The molecule has 1 fully saturated rings. The standard InChI is InChI=1S/C17H19BrO2/c1-3-12-4-6-13(7-5-12)17-15-9-14(18)8-11(2)16(15)19-10-20-17/h4-9,11,16-17H,3,10H2,1-2H3. The molecule has 1 heterocycles. The van der Waals surface area contributed by atoms with E-state index in [0.29, 0.717) is 12.7 Å². The fourth-order valence-corrected chi connectivity index (χ4v) is 3.58. The average Bonchev–Trinajstić information content (AvgIpc) is 2.47. The van der Waals surface area contributed by atoms with E-state index < -0.39 is 0 Å². The van der Waals surface area contributed by atoms with Crippen LogP contribution in [0.15, 0.2) is 46.5 Å². The van der Waals surface area contributed by atoms with Gasteiger partial charge in [0.15, 0.2) is 0 Å². The summed E-state index contributed by atoms with van der Waals surface area (Å²) in [4.78, 5) is 0. The van der Waals surface area contributed by atoms with Crippen molar-refractivity contribution in [2.45, 2.75) is 32.5 Å². The van der Waals surface area contributed by atoms with Gasteiger partial charge in [-0.15, -0.1) is 0 Å². The van der Waals surface area contributed by atoms with Crippen LogP contribution >= 0.6 is 15.9 Å². The molecule has 0 spiro atoms. The minimum atomic E-state index is 0.00311. The van der Waals surface area contributed by atoms with E-state index in [1.165, 1.54) is 16.7 Å². The first-order valence-corrected chi connectivity index (χ1v) is 7.89. The van der Waals surface area contributed by atoms with Gasteiger partial charge in [-0.3, -0.25) is 0 Å². The van der Waals surface area contributed by atoms with Gasteiger partial charge in [-0.2, -0.15) is 0 Å². The van der Waals surface area contributed by atoms with Crippen LogP contribution in [0.2, 0.25) is 0 Å². The molecule has 1 aromatic rings. The van der Waals surface area contributed by atoms with Gasteiger partial charge in [-0.1, -0.05) is 60.1 Å². The third kappa shape index (κ3) is 2.62. The van der Waals surface area contributed by atoms with E-state index in [1.807, 2.05) is 0 Å². The van der Waals surface area contributed by atoms with Gasteiger partial charge >= 0.3 is 0 Å². The summed E-state index contributed by atoms with van der Waals surface area (Å²) in [6, 6.07) is 8.70. The molecule has 1 aliphatic heterocycles. The molecule has 0 radical (unpaired) electrons. The number of halogens is 1. The van der Waals surface area contributed by atoms with Crippen LogP contribution in [0.5, 0.6) is 0 Å². The van der Waals surface area contributed by atoms with E-state index in [0.717, 1.165) is 10.9 Å². The Morgan fingerprint density at radius 3 is 2.65 bits per heavy atom. The van der Waals surface area contributed by atoms with Crippen LogP contribution in [0, 0.1) is 5.92 Å². The fourth-order valence-electron chi connectivity index (χ4n) is 2.90. The van der Waals surface area contributed by atoms with E-state index in [-0.39, 0.29) is 12.2 Å². The summed E-state index contributed by atoms with van der Waals surface area (Å²) in [6.07, 6.45) is 5.52. The monoisotopic (exact) mass is 334 g/mol. The Labute approximate surface area is 128 Å². The summed E-state index contributed by atoms with van der Waals surface area (Å²) in [5, 5.41) is 0. The molecule has 3 atom stereocenters. The van der Waals surface area contributed by atoms with Crippen LogP contribution in [-0.4, -0.2) is 12.9 Å². The van der Waals surface area contributed by atoms with Crippen LogP contribution in [0.25, 0.3) is 0 Å². The van der Waals surface area contributed by atoms with Gasteiger partial charge in [-0.05, 0) is 29.2 Å². The van der Waals surface area contributed by atoms with Crippen LogP contribution in [0.3, 0.4) is 0 Å². The van der Waals surface area contributed by atoms with Gasteiger partial charge in [0.05, 0.1) is 6.10 Å². The molecule has 0 amide bonds. The second kappa shape index (κ2) is 5.84. The number of hydrogen-bond donors (Lipinski definition) is 0. The molecule has 20 heavy (non-hydrogen) atoms. The SMILES string of the molecule is CCc1ccc(C2OCOC3C2=CC(Br)=CC3C)cc1. The van der Waals surface area contributed by atoms with Crippen molar-refractivity contribution in [1.82, 2.24) is 0 Å². The molecule has 1 aliphatic carbocycles. The summed E-state index contributed by atoms with van der Waals surface area (Å²) >= 11 is 3.59. The van der Waals surface area contributed by atoms with Gasteiger partial charge in [-0.25, -0.2) is 0 Å². The number of hydrogen-bond acceptors (Lipinski definition) is 2. The lowest BCUT2D eigenvalue weighted by Gasteiger charge is -2.37. The van der Waals surface area contributed by atoms with E-state index in [1.54, 1.807) is 0 Å². The van der Waals surface area contributed by atoms with Crippen LogP contribution in [-0.2, 0) is 15.9 Å². The van der Waals surface area contributed by atoms with Crippen molar-refractivity contribution in [2.75, 3.05) is 6.79 Å². The van der Waals surface area contributed by atoms with Crippen molar-refractivity contribution >= 4 is 15.9 Å². The molecule has 106 valence electrons. The lowest BCUT2D eigenvalue weighted by Crippen LogP contribution is -2.35. The molecule has 0 saturated carbocycles. The predicted molar refractivity (Wildman–Crippen MR) is 83.6 cm³/mol. The molecular formula is C17H19BrO2. The highest BCUT2D eigenvalue weighted by Crippen LogP contribution is 2.40. The number of aryl methyl sites for hydroxylation is 1. The molecule has 0 bridgehead atoms. The van der Waals surface area contributed by atoms with Crippen molar-refractivity contribution in [3.05, 3.63) is 57.6 Å². The van der Waals surface area contributed by atoms with Crippen LogP contribution < -0.4 is 0 Å². The molecule has 2 aliphatic rings. The molecule has 0 N–H and O–H groups in total. The minimum Gasteiger partial charge on any atom is -0.347 e. The third-order valence-corrected chi connectivity index (χ3v) is 4.50. The normalized spacial score (nSPS) is 29.4. The molecule has 3 rings (SSSR count). The summed E-state index contributed by atoms with van der Waals surface area (Å²) in [5.41, 5.74) is 3.77. The van der Waals surface area contributed by atoms with Crippen molar-refractivity contribution in [3.63, 3.8) is 0 Å². The largest absolute Gasteiger partial charge is 0.347 e. The number of allylic oxidation sites excluding steroid dienone is 2. The van der Waals surface area contributed by atoms with Crippen molar-refractivity contribution in [2.24, 2.45) is 5.92 Å². The first-order valence-electron chi connectivity index (χ1n) is 7.10. The van der Waals surface area contributed by atoms with Gasteiger partial charge in [0.1, 0.15) is 12.9 Å². The molecular weight excluding hydrogens is 316 g/mol. The molecule has 0 aromatic heterocycles. The van der Waals surface area contributed by atoms with Crippen LogP contribution in [0.1, 0.15) is 31.1 Å². The van der Waals surface area contributed by atoms with Gasteiger partial charge in [0.25, 0.3) is 0 Å². The zero-order valence-electron chi connectivity index (χ0n) is 11.8. The van der Waals surface area contributed by atoms with E-state index >= 15 is 0 Å². The summed E-state index contributed by atoms with van der Waals surface area (Å²) in [6.45, 7) is 4.71. The smallest absolute Gasteiger partial charge is 0.148 e. The van der Waals surface area contributed by atoms with Crippen molar-refractivity contribution in [3.8, 4) is 0 Å². The topological polar surface area (TPSA) is 18.5 Å². The highest BCUT2D eigenvalue weighted by Gasteiger charge is 2.35. The fraction of sp³-hybridized carbons (Fsp3) is 0.412. The Balaban J connectivity index is 1.93. The third-order valence-electron chi connectivity index (χ3n) is 4.01. The van der Waals surface area contributed by atoms with Crippen molar-refractivity contribution < 1.29 is 9.47 Å². The second-order valence-electron chi connectivity index (χ2n) is 5.40. The van der Waals surface area contributed by atoms with Gasteiger partial charge in [0, 0.05) is 10.4 Å².